The maximum Gasteiger partial charge on any atom is 0.119 e. The summed E-state index contributed by atoms with van der Waals surface area (Å²) in [5.41, 5.74) is 11.1. The number of fused-ring (bicyclic) bond motifs is 1. The molecule has 0 aliphatic heterocycles. The summed E-state index contributed by atoms with van der Waals surface area (Å²) >= 11 is 0. The van der Waals surface area contributed by atoms with Gasteiger partial charge in [0.15, 0.2) is 0 Å². The fraction of sp³-hybridized carbons (Fsp3) is 0.263. The van der Waals surface area contributed by atoms with Gasteiger partial charge in [-0.15, -0.1) is 0 Å². The van der Waals surface area contributed by atoms with Crippen LogP contribution in [0.15, 0.2) is 48.7 Å². The molecule has 3 N–H and O–H groups in total. The third-order valence-corrected chi connectivity index (χ3v) is 4.21. The lowest BCUT2D eigenvalue weighted by Crippen LogP contribution is -2.14. The lowest BCUT2D eigenvalue weighted by molar-refractivity contribution is 0.415. The molecule has 0 saturated carbocycles. The Bertz CT molecular complexity index is 776. The van der Waals surface area contributed by atoms with Gasteiger partial charge in [-0.1, -0.05) is 29.8 Å². The molecule has 1 atom stereocenters. The van der Waals surface area contributed by atoms with Crippen molar-refractivity contribution in [3.8, 4) is 5.75 Å². The first-order chi connectivity index (χ1) is 10.7. The number of rotatable bonds is 5. The van der Waals surface area contributed by atoms with Gasteiger partial charge in [-0.2, -0.15) is 0 Å². The third-order valence-electron chi connectivity index (χ3n) is 4.21. The molecule has 1 heterocycles. The fourth-order valence-electron chi connectivity index (χ4n) is 3.03. The summed E-state index contributed by atoms with van der Waals surface area (Å²) in [5, 5.41) is 1.20. The maximum atomic E-state index is 6.07. The first-order valence-corrected chi connectivity index (χ1v) is 7.62. The van der Waals surface area contributed by atoms with E-state index in [1.165, 1.54) is 22.1 Å². The highest BCUT2D eigenvalue weighted by molar-refractivity contribution is 5.85. The Hall–Kier alpha value is -2.26. The highest BCUT2D eigenvalue weighted by Crippen LogP contribution is 2.30. The van der Waals surface area contributed by atoms with Crippen LogP contribution in [0.1, 0.15) is 22.6 Å². The van der Waals surface area contributed by atoms with E-state index >= 15 is 0 Å². The topological polar surface area (TPSA) is 51.0 Å². The van der Waals surface area contributed by atoms with Gasteiger partial charge >= 0.3 is 0 Å². The van der Waals surface area contributed by atoms with Crippen LogP contribution in [0.4, 0.5) is 0 Å². The molecule has 2 aromatic carbocycles. The molecule has 3 nitrogen and oxygen atoms in total. The van der Waals surface area contributed by atoms with Crippen LogP contribution in [0.5, 0.6) is 5.75 Å². The van der Waals surface area contributed by atoms with Crippen molar-refractivity contribution < 1.29 is 4.74 Å². The summed E-state index contributed by atoms with van der Waals surface area (Å²) in [4.78, 5) is 3.34. The molecular formula is C19H22N2O. The van der Waals surface area contributed by atoms with Crippen molar-refractivity contribution in [3.63, 3.8) is 0 Å². The number of methoxy groups -OCH3 is 1. The van der Waals surface area contributed by atoms with Crippen LogP contribution in [0.2, 0.25) is 0 Å². The van der Waals surface area contributed by atoms with Crippen LogP contribution >= 0.6 is 0 Å². The standard InChI is InChI=1S/C19H22N2O/c1-13-4-3-5-14(8-13)9-15(11-20)18-12-21-19-7-6-16(22-2)10-17(18)19/h3-8,10,12,15,21H,9,11,20H2,1-2H3. The Morgan fingerprint density at radius 2 is 2.05 bits per heavy atom. The second-order valence-electron chi connectivity index (χ2n) is 5.78. The number of ether oxygens (including phenoxy) is 1. The zero-order valence-electron chi connectivity index (χ0n) is 13.1. The van der Waals surface area contributed by atoms with Crippen molar-refractivity contribution in [1.29, 1.82) is 0 Å². The van der Waals surface area contributed by atoms with E-state index in [0.717, 1.165) is 17.7 Å². The minimum Gasteiger partial charge on any atom is -0.497 e. The molecule has 0 aliphatic rings. The number of nitrogens with two attached hydrogens (primary N) is 1. The summed E-state index contributed by atoms with van der Waals surface area (Å²) < 4.78 is 5.35. The molecule has 0 spiro atoms. The highest BCUT2D eigenvalue weighted by atomic mass is 16.5. The monoisotopic (exact) mass is 294 g/mol. The summed E-state index contributed by atoms with van der Waals surface area (Å²) in [6.07, 6.45) is 3.03. The van der Waals surface area contributed by atoms with E-state index in [1.54, 1.807) is 7.11 Å². The van der Waals surface area contributed by atoms with Crippen LogP contribution < -0.4 is 10.5 Å². The molecule has 3 aromatic rings. The molecule has 3 heteroatoms. The zero-order chi connectivity index (χ0) is 15.5. The van der Waals surface area contributed by atoms with Gasteiger partial charge < -0.3 is 15.5 Å². The number of nitrogens with one attached hydrogen (secondary N) is 1. The van der Waals surface area contributed by atoms with E-state index in [0.29, 0.717) is 12.5 Å². The molecule has 0 aliphatic carbocycles. The first-order valence-electron chi connectivity index (χ1n) is 7.62. The molecule has 1 unspecified atom stereocenters. The molecule has 3 rings (SSSR count). The van der Waals surface area contributed by atoms with Crippen molar-refractivity contribution in [3.05, 3.63) is 65.4 Å². The minimum atomic E-state index is 0.294. The van der Waals surface area contributed by atoms with Gasteiger partial charge in [-0.3, -0.25) is 0 Å². The molecule has 0 bridgehead atoms. The van der Waals surface area contributed by atoms with Gasteiger partial charge in [0, 0.05) is 23.0 Å². The average molecular weight is 294 g/mol. The SMILES string of the molecule is COc1ccc2[nH]cc(C(CN)Cc3cccc(C)c3)c2c1. The number of hydrogen-bond donors (Lipinski definition) is 2. The quantitative estimate of drug-likeness (QED) is 0.752. The largest absolute Gasteiger partial charge is 0.497 e. The maximum absolute atomic E-state index is 6.07. The van der Waals surface area contributed by atoms with Gasteiger partial charge in [0.05, 0.1) is 7.11 Å². The highest BCUT2D eigenvalue weighted by Gasteiger charge is 2.16. The molecule has 114 valence electrons. The minimum absolute atomic E-state index is 0.294. The lowest BCUT2D eigenvalue weighted by atomic mass is 9.91. The smallest absolute Gasteiger partial charge is 0.119 e. The Morgan fingerprint density at radius 1 is 1.18 bits per heavy atom. The van der Waals surface area contributed by atoms with Gasteiger partial charge in [0.25, 0.3) is 0 Å². The Kier molecular flexibility index (Phi) is 4.16. The normalized spacial score (nSPS) is 12.5. The van der Waals surface area contributed by atoms with Crippen LogP contribution in [-0.4, -0.2) is 18.6 Å². The van der Waals surface area contributed by atoms with E-state index in [-0.39, 0.29) is 0 Å². The Morgan fingerprint density at radius 3 is 2.77 bits per heavy atom. The van der Waals surface area contributed by atoms with E-state index < -0.39 is 0 Å². The summed E-state index contributed by atoms with van der Waals surface area (Å²) in [7, 11) is 1.70. The Labute approximate surface area is 131 Å². The van der Waals surface area contributed by atoms with Crippen molar-refractivity contribution in [2.75, 3.05) is 13.7 Å². The van der Waals surface area contributed by atoms with Crippen LogP contribution in [0.25, 0.3) is 10.9 Å². The summed E-state index contributed by atoms with van der Waals surface area (Å²) in [5.74, 6) is 1.17. The lowest BCUT2D eigenvalue weighted by Gasteiger charge is -2.15. The molecule has 1 aromatic heterocycles. The molecule has 0 fully saturated rings. The fourth-order valence-corrected chi connectivity index (χ4v) is 3.03. The van der Waals surface area contributed by atoms with Crippen molar-refractivity contribution in [1.82, 2.24) is 4.98 Å². The zero-order valence-corrected chi connectivity index (χ0v) is 13.1. The molecule has 0 amide bonds. The third kappa shape index (κ3) is 2.85. The molecular weight excluding hydrogens is 272 g/mol. The van der Waals surface area contributed by atoms with Crippen LogP contribution in [0, 0.1) is 6.92 Å². The van der Waals surface area contributed by atoms with Gasteiger partial charge in [0.2, 0.25) is 0 Å². The van der Waals surface area contributed by atoms with Crippen molar-refractivity contribution >= 4 is 10.9 Å². The predicted molar refractivity (Wildman–Crippen MR) is 91.5 cm³/mol. The second-order valence-corrected chi connectivity index (χ2v) is 5.78. The van der Waals surface area contributed by atoms with E-state index in [4.69, 9.17) is 10.5 Å². The Balaban J connectivity index is 1.96. The van der Waals surface area contributed by atoms with E-state index in [2.05, 4.69) is 54.5 Å². The number of H-pyrrole nitrogens is 1. The van der Waals surface area contributed by atoms with Gasteiger partial charge in [-0.25, -0.2) is 0 Å². The predicted octanol–water partition coefficient (Wildman–Crippen LogP) is 3.77. The van der Waals surface area contributed by atoms with Gasteiger partial charge in [-0.05, 0) is 49.2 Å². The van der Waals surface area contributed by atoms with Gasteiger partial charge in [0.1, 0.15) is 5.75 Å². The van der Waals surface area contributed by atoms with Crippen molar-refractivity contribution in [2.45, 2.75) is 19.3 Å². The van der Waals surface area contributed by atoms with E-state index in [9.17, 15) is 0 Å². The number of aromatic nitrogens is 1. The molecule has 22 heavy (non-hydrogen) atoms. The number of hydrogen-bond acceptors (Lipinski definition) is 2. The average Bonchev–Trinajstić information content (AvgIpc) is 2.95. The summed E-state index contributed by atoms with van der Waals surface area (Å²) in [6, 6.07) is 14.7. The van der Waals surface area contributed by atoms with Crippen LogP contribution in [0.3, 0.4) is 0 Å². The van der Waals surface area contributed by atoms with E-state index in [1.807, 2.05) is 6.07 Å². The summed E-state index contributed by atoms with van der Waals surface area (Å²) in [6.45, 7) is 2.75. The number of aromatic amines is 1. The second kappa shape index (κ2) is 6.24. The first kappa shape index (κ1) is 14.7. The number of benzene rings is 2. The molecule has 0 saturated heterocycles. The number of aryl methyl sites for hydroxylation is 1. The molecule has 0 radical (unpaired) electrons. The van der Waals surface area contributed by atoms with Crippen molar-refractivity contribution in [2.24, 2.45) is 5.73 Å². The van der Waals surface area contributed by atoms with Crippen LogP contribution in [-0.2, 0) is 6.42 Å².